The molecule has 8 nitrogen and oxygen atoms in total. The minimum Gasteiger partial charge on any atom is -0.393 e. The van der Waals surface area contributed by atoms with Crippen molar-refractivity contribution >= 4 is 23.1 Å². The van der Waals surface area contributed by atoms with E-state index in [0.29, 0.717) is 5.56 Å². The fourth-order valence-electron chi connectivity index (χ4n) is 2.14. The van der Waals surface area contributed by atoms with E-state index in [0.717, 1.165) is 0 Å². The molecule has 0 radical (unpaired) electrons. The van der Waals surface area contributed by atoms with Crippen molar-refractivity contribution in [2.75, 3.05) is 5.73 Å². The molecule has 0 spiro atoms. The quantitative estimate of drug-likeness (QED) is 0.588. The Kier molecular flexibility index (Phi) is 3.94. The fourth-order valence-corrected chi connectivity index (χ4v) is 2.14. The predicted octanol–water partition coefficient (Wildman–Crippen LogP) is 0.351. The lowest BCUT2D eigenvalue weighted by molar-refractivity contribution is 0.0847. The lowest BCUT2D eigenvalue weighted by atomic mass is 10.2. The number of amides is 2. The first-order valence-electron chi connectivity index (χ1n) is 6.99. The Bertz CT molecular complexity index is 982. The molecule has 0 saturated carbocycles. The maximum absolute atomic E-state index is 12.3. The number of hydrogen-bond acceptors (Lipinski definition) is 5. The molecule has 0 saturated heterocycles. The summed E-state index contributed by atoms with van der Waals surface area (Å²) in [7, 11) is 0. The Morgan fingerprint density at radius 1 is 1.00 bits per heavy atom. The molecule has 120 valence electrons. The van der Waals surface area contributed by atoms with Crippen LogP contribution in [-0.2, 0) is 0 Å². The number of carbonyl (C=O) groups is 2. The highest BCUT2D eigenvalue weighted by atomic mass is 16.2. The Labute approximate surface area is 135 Å². The Balaban J connectivity index is 1.83. The second-order valence-corrected chi connectivity index (χ2v) is 4.91. The molecule has 2 heterocycles. The first kappa shape index (κ1) is 15.2. The van der Waals surface area contributed by atoms with Crippen molar-refractivity contribution in [3.05, 3.63) is 76.3 Å². The minimum absolute atomic E-state index is 0.0255. The van der Waals surface area contributed by atoms with Crippen LogP contribution < -0.4 is 22.1 Å². The summed E-state index contributed by atoms with van der Waals surface area (Å²) in [5.41, 5.74) is 10.3. The Hall–Kier alpha value is -3.68. The number of aromatic nitrogens is 2. The molecule has 0 aliphatic heterocycles. The van der Waals surface area contributed by atoms with Gasteiger partial charge in [-0.3, -0.25) is 29.6 Å². The van der Waals surface area contributed by atoms with Gasteiger partial charge in [0.1, 0.15) is 5.69 Å². The van der Waals surface area contributed by atoms with Gasteiger partial charge in [0.05, 0.1) is 11.8 Å². The van der Waals surface area contributed by atoms with Crippen molar-refractivity contribution in [3.8, 4) is 0 Å². The average Bonchev–Trinajstić information content (AvgIpc) is 2.63. The molecule has 2 amide bonds. The zero-order chi connectivity index (χ0) is 17.1. The van der Waals surface area contributed by atoms with Crippen LogP contribution in [0.25, 0.3) is 5.65 Å². The van der Waals surface area contributed by atoms with E-state index in [9.17, 15) is 14.4 Å². The molecule has 0 unspecified atom stereocenters. The molecule has 0 aliphatic carbocycles. The van der Waals surface area contributed by atoms with Crippen LogP contribution in [0.15, 0.2) is 59.7 Å². The molecule has 8 heteroatoms. The van der Waals surface area contributed by atoms with E-state index in [1.807, 2.05) is 0 Å². The number of hydrazine groups is 1. The number of nitrogens with one attached hydrogen (secondary N) is 2. The van der Waals surface area contributed by atoms with Gasteiger partial charge in [0, 0.05) is 11.8 Å². The van der Waals surface area contributed by atoms with Gasteiger partial charge in [-0.1, -0.05) is 18.2 Å². The van der Waals surface area contributed by atoms with Crippen molar-refractivity contribution in [3.63, 3.8) is 0 Å². The number of nitrogen functional groups attached to an aromatic ring is 1. The number of rotatable bonds is 2. The number of fused-ring (bicyclic) bond motifs is 1. The van der Waals surface area contributed by atoms with Crippen molar-refractivity contribution in [1.82, 2.24) is 20.2 Å². The number of anilines is 1. The lowest BCUT2D eigenvalue weighted by Gasteiger charge is -2.09. The largest absolute Gasteiger partial charge is 0.393 e. The maximum atomic E-state index is 12.3. The van der Waals surface area contributed by atoms with Gasteiger partial charge < -0.3 is 5.73 Å². The van der Waals surface area contributed by atoms with Crippen molar-refractivity contribution in [2.24, 2.45) is 0 Å². The van der Waals surface area contributed by atoms with Crippen LogP contribution in [0, 0.1) is 0 Å². The van der Waals surface area contributed by atoms with E-state index < -0.39 is 17.4 Å². The van der Waals surface area contributed by atoms with Crippen LogP contribution in [0.4, 0.5) is 5.69 Å². The summed E-state index contributed by atoms with van der Waals surface area (Å²) < 4.78 is 1.17. The number of carbonyl (C=O) groups excluding carboxylic acids is 2. The Morgan fingerprint density at radius 3 is 2.46 bits per heavy atom. The van der Waals surface area contributed by atoms with Crippen LogP contribution in [0.3, 0.4) is 0 Å². The van der Waals surface area contributed by atoms with E-state index in [1.54, 1.807) is 30.3 Å². The summed E-state index contributed by atoms with van der Waals surface area (Å²) in [5.74, 6) is -1.06. The van der Waals surface area contributed by atoms with Crippen LogP contribution in [0.2, 0.25) is 0 Å². The zero-order valence-electron chi connectivity index (χ0n) is 12.4. The molecule has 4 N–H and O–H groups in total. The molecular formula is C16H13N5O3. The van der Waals surface area contributed by atoms with Crippen molar-refractivity contribution in [1.29, 1.82) is 0 Å². The van der Waals surface area contributed by atoms with E-state index >= 15 is 0 Å². The first-order chi connectivity index (χ1) is 11.6. The third-order valence-electron chi connectivity index (χ3n) is 3.33. The number of benzene rings is 1. The van der Waals surface area contributed by atoms with Gasteiger partial charge >= 0.3 is 0 Å². The number of nitrogens with two attached hydrogens (primary N) is 1. The molecule has 0 atom stereocenters. The predicted molar refractivity (Wildman–Crippen MR) is 87.2 cm³/mol. The summed E-state index contributed by atoms with van der Waals surface area (Å²) in [6.45, 7) is 0. The molecule has 1 aromatic carbocycles. The molecular weight excluding hydrogens is 310 g/mol. The normalized spacial score (nSPS) is 10.3. The second kappa shape index (κ2) is 6.21. The molecule has 0 aliphatic rings. The SMILES string of the molecule is Nc1cnc2c(C(=O)NNC(=O)c3ccccc3)cccn2c1=O. The summed E-state index contributed by atoms with van der Waals surface area (Å²) in [4.78, 5) is 40.2. The molecule has 24 heavy (non-hydrogen) atoms. The molecule has 0 fully saturated rings. The van der Waals surface area contributed by atoms with Crippen LogP contribution >= 0.6 is 0 Å². The highest BCUT2D eigenvalue weighted by Crippen LogP contribution is 2.07. The fraction of sp³-hybridized carbons (Fsp3) is 0. The molecule has 2 aromatic heterocycles. The summed E-state index contributed by atoms with van der Waals surface area (Å²) in [6.07, 6.45) is 2.65. The van der Waals surface area contributed by atoms with Crippen molar-refractivity contribution in [2.45, 2.75) is 0 Å². The van der Waals surface area contributed by atoms with Gasteiger partial charge in [0.15, 0.2) is 5.65 Å². The van der Waals surface area contributed by atoms with Crippen molar-refractivity contribution < 1.29 is 9.59 Å². The minimum atomic E-state index is -0.603. The maximum Gasteiger partial charge on any atom is 0.281 e. The van der Waals surface area contributed by atoms with Crippen LogP contribution in [0.5, 0.6) is 0 Å². The monoisotopic (exact) mass is 323 g/mol. The second-order valence-electron chi connectivity index (χ2n) is 4.91. The van der Waals surface area contributed by atoms with E-state index in [2.05, 4.69) is 15.8 Å². The molecule has 0 bridgehead atoms. The number of pyridine rings is 1. The van der Waals surface area contributed by atoms with Gasteiger partial charge in [0.2, 0.25) is 0 Å². The molecule has 3 aromatic rings. The van der Waals surface area contributed by atoms with Gasteiger partial charge in [-0.25, -0.2) is 4.98 Å². The van der Waals surface area contributed by atoms with E-state index in [-0.39, 0.29) is 16.9 Å². The standard InChI is InChI=1S/C16H13N5O3/c17-12-9-18-13-11(7-4-8-21(13)16(12)24)15(23)20-19-14(22)10-5-2-1-3-6-10/h1-9H,17H2,(H,19,22)(H,20,23). The third kappa shape index (κ3) is 2.80. The van der Waals surface area contributed by atoms with Crippen LogP contribution in [0.1, 0.15) is 20.7 Å². The van der Waals surface area contributed by atoms with E-state index in [1.165, 1.54) is 28.9 Å². The first-order valence-corrected chi connectivity index (χ1v) is 6.99. The van der Waals surface area contributed by atoms with Crippen LogP contribution in [-0.4, -0.2) is 21.2 Å². The van der Waals surface area contributed by atoms with Gasteiger partial charge in [-0.15, -0.1) is 0 Å². The number of nitrogens with zero attached hydrogens (tertiary/aromatic N) is 2. The van der Waals surface area contributed by atoms with Gasteiger partial charge in [0.25, 0.3) is 17.4 Å². The van der Waals surface area contributed by atoms with Gasteiger partial charge in [-0.05, 0) is 24.3 Å². The highest BCUT2D eigenvalue weighted by molar-refractivity contribution is 6.02. The number of hydrogen-bond donors (Lipinski definition) is 3. The third-order valence-corrected chi connectivity index (χ3v) is 3.33. The highest BCUT2D eigenvalue weighted by Gasteiger charge is 2.14. The molecule has 3 rings (SSSR count). The zero-order valence-corrected chi connectivity index (χ0v) is 12.4. The topological polar surface area (TPSA) is 119 Å². The van der Waals surface area contributed by atoms with E-state index in [4.69, 9.17) is 5.73 Å². The van der Waals surface area contributed by atoms with Gasteiger partial charge in [-0.2, -0.15) is 0 Å². The average molecular weight is 323 g/mol. The Morgan fingerprint density at radius 2 is 1.71 bits per heavy atom. The lowest BCUT2D eigenvalue weighted by Crippen LogP contribution is -2.42. The summed E-state index contributed by atoms with van der Waals surface area (Å²) >= 11 is 0. The smallest absolute Gasteiger partial charge is 0.281 e. The summed E-state index contributed by atoms with van der Waals surface area (Å²) in [6, 6.07) is 11.4. The summed E-state index contributed by atoms with van der Waals surface area (Å²) in [5, 5.41) is 0.